The molecule has 2 aromatic carbocycles. The highest BCUT2D eigenvalue weighted by atomic mass is 79.9. The molecule has 0 aliphatic heterocycles. The van der Waals surface area contributed by atoms with Crippen molar-refractivity contribution in [1.82, 2.24) is 0 Å². The van der Waals surface area contributed by atoms with E-state index in [9.17, 15) is 9.18 Å². The summed E-state index contributed by atoms with van der Waals surface area (Å²) in [7, 11) is 0. The monoisotopic (exact) mass is 353 g/mol. The fourth-order valence-corrected chi connectivity index (χ4v) is 2.04. The summed E-state index contributed by atoms with van der Waals surface area (Å²) in [5, 5.41) is 11.9. The van der Waals surface area contributed by atoms with Crippen LogP contribution in [0.3, 0.4) is 0 Å². The molecule has 4 nitrogen and oxygen atoms in total. The van der Waals surface area contributed by atoms with Crippen molar-refractivity contribution in [2.45, 2.75) is 0 Å². The van der Waals surface area contributed by atoms with E-state index in [0.717, 1.165) is 5.69 Å². The van der Waals surface area contributed by atoms with Crippen LogP contribution in [0.2, 0.25) is 0 Å². The molecule has 0 unspecified atom stereocenters. The highest BCUT2D eigenvalue weighted by Gasteiger charge is 2.02. The zero-order valence-electron chi connectivity index (χ0n) is 11.0. The van der Waals surface area contributed by atoms with Crippen LogP contribution >= 0.6 is 15.9 Å². The predicted molar refractivity (Wildman–Crippen MR) is 81.5 cm³/mol. The second-order valence-electron chi connectivity index (χ2n) is 4.23. The summed E-state index contributed by atoms with van der Waals surface area (Å²) in [6.07, 6.45) is 0. The third-order valence-corrected chi connectivity index (χ3v) is 3.33. The quantitative estimate of drug-likeness (QED) is 0.776. The molecule has 0 saturated heterocycles. The maximum Gasteiger partial charge on any atom is 0.335 e. The van der Waals surface area contributed by atoms with Gasteiger partial charge in [-0.05, 0) is 58.4 Å². The molecule has 21 heavy (non-hydrogen) atoms. The zero-order valence-corrected chi connectivity index (χ0v) is 12.6. The summed E-state index contributed by atoms with van der Waals surface area (Å²) in [4.78, 5) is 10.7. The van der Waals surface area contributed by atoms with Crippen molar-refractivity contribution in [2.75, 3.05) is 18.5 Å². The maximum absolute atomic E-state index is 13.1. The summed E-state index contributed by atoms with van der Waals surface area (Å²) >= 11 is 3.12. The van der Waals surface area contributed by atoms with Gasteiger partial charge < -0.3 is 15.2 Å². The second-order valence-corrected chi connectivity index (χ2v) is 5.09. The summed E-state index contributed by atoms with van der Waals surface area (Å²) < 4.78 is 18.9. The van der Waals surface area contributed by atoms with Gasteiger partial charge in [-0.1, -0.05) is 0 Å². The highest BCUT2D eigenvalue weighted by molar-refractivity contribution is 9.10. The van der Waals surface area contributed by atoms with Crippen LogP contribution in [0.4, 0.5) is 10.1 Å². The first kappa shape index (κ1) is 15.3. The van der Waals surface area contributed by atoms with E-state index in [1.807, 2.05) is 0 Å². The van der Waals surface area contributed by atoms with Crippen molar-refractivity contribution < 1.29 is 19.0 Å². The molecule has 0 amide bonds. The molecule has 0 aliphatic carbocycles. The number of anilines is 1. The SMILES string of the molecule is O=C(O)c1ccc(OCCNc2ccc(F)c(Br)c2)cc1. The van der Waals surface area contributed by atoms with E-state index in [0.29, 0.717) is 23.4 Å². The minimum absolute atomic E-state index is 0.219. The van der Waals surface area contributed by atoms with Crippen LogP contribution in [0.15, 0.2) is 46.9 Å². The van der Waals surface area contributed by atoms with Gasteiger partial charge in [-0.25, -0.2) is 9.18 Å². The lowest BCUT2D eigenvalue weighted by molar-refractivity contribution is 0.0697. The van der Waals surface area contributed by atoms with Crippen molar-refractivity contribution in [3.8, 4) is 5.75 Å². The van der Waals surface area contributed by atoms with Gasteiger partial charge in [0.1, 0.15) is 18.2 Å². The van der Waals surface area contributed by atoms with Crippen molar-refractivity contribution in [3.63, 3.8) is 0 Å². The predicted octanol–water partition coefficient (Wildman–Crippen LogP) is 3.78. The fourth-order valence-electron chi connectivity index (χ4n) is 1.66. The van der Waals surface area contributed by atoms with E-state index in [2.05, 4.69) is 21.2 Å². The normalized spacial score (nSPS) is 10.2. The number of hydrogen-bond acceptors (Lipinski definition) is 3. The van der Waals surface area contributed by atoms with Gasteiger partial charge in [0.05, 0.1) is 10.0 Å². The molecule has 2 rings (SSSR count). The standard InChI is InChI=1S/C15H13BrFNO3/c16-13-9-11(3-6-14(13)17)18-7-8-21-12-4-1-10(2-5-12)15(19)20/h1-6,9,18H,7-8H2,(H,19,20). The lowest BCUT2D eigenvalue weighted by Crippen LogP contribution is -2.11. The zero-order chi connectivity index (χ0) is 15.2. The van der Waals surface area contributed by atoms with Crippen LogP contribution in [0, 0.1) is 5.82 Å². The van der Waals surface area contributed by atoms with Gasteiger partial charge in [0.25, 0.3) is 0 Å². The summed E-state index contributed by atoms with van der Waals surface area (Å²) in [5.41, 5.74) is 1.00. The molecule has 0 aromatic heterocycles. The molecular weight excluding hydrogens is 341 g/mol. The smallest absolute Gasteiger partial charge is 0.335 e. The third kappa shape index (κ3) is 4.46. The van der Waals surface area contributed by atoms with Crippen LogP contribution < -0.4 is 10.1 Å². The fraction of sp³-hybridized carbons (Fsp3) is 0.133. The van der Waals surface area contributed by atoms with E-state index in [-0.39, 0.29) is 11.4 Å². The van der Waals surface area contributed by atoms with E-state index in [4.69, 9.17) is 9.84 Å². The Bertz CT molecular complexity index is 631. The average Bonchev–Trinajstić information content (AvgIpc) is 2.47. The molecule has 2 N–H and O–H groups in total. The van der Waals surface area contributed by atoms with Crippen molar-refractivity contribution >= 4 is 27.6 Å². The summed E-state index contributed by atoms with van der Waals surface area (Å²) in [6.45, 7) is 0.945. The lowest BCUT2D eigenvalue weighted by atomic mass is 10.2. The molecule has 0 bridgehead atoms. The van der Waals surface area contributed by atoms with Gasteiger partial charge in [-0.15, -0.1) is 0 Å². The largest absolute Gasteiger partial charge is 0.492 e. The lowest BCUT2D eigenvalue weighted by Gasteiger charge is -2.09. The van der Waals surface area contributed by atoms with Crippen LogP contribution in [0.1, 0.15) is 10.4 Å². The number of carbonyl (C=O) groups is 1. The maximum atomic E-state index is 13.1. The van der Waals surface area contributed by atoms with Crippen LogP contribution in [0.5, 0.6) is 5.75 Å². The van der Waals surface area contributed by atoms with Gasteiger partial charge in [0.2, 0.25) is 0 Å². The first-order chi connectivity index (χ1) is 10.1. The Labute approximate surface area is 129 Å². The molecule has 0 heterocycles. The molecule has 0 spiro atoms. The Balaban J connectivity index is 1.79. The van der Waals surface area contributed by atoms with Crippen LogP contribution in [-0.4, -0.2) is 24.2 Å². The Hall–Kier alpha value is -2.08. The van der Waals surface area contributed by atoms with Gasteiger partial charge in [-0.2, -0.15) is 0 Å². The number of carboxylic acids is 1. The van der Waals surface area contributed by atoms with Gasteiger partial charge in [0.15, 0.2) is 0 Å². The molecule has 0 atom stereocenters. The first-order valence-electron chi connectivity index (χ1n) is 6.21. The number of nitrogens with one attached hydrogen (secondary N) is 1. The first-order valence-corrected chi connectivity index (χ1v) is 7.00. The molecule has 0 fully saturated rings. The molecule has 2 aromatic rings. The number of rotatable bonds is 6. The molecule has 0 saturated carbocycles. The number of ether oxygens (including phenoxy) is 1. The van der Waals surface area contributed by atoms with Crippen molar-refractivity contribution in [3.05, 3.63) is 58.3 Å². The van der Waals surface area contributed by atoms with E-state index < -0.39 is 5.97 Å². The molecule has 0 aliphatic rings. The molecular formula is C15H13BrFNO3. The molecule has 0 radical (unpaired) electrons. The van der Waals surface area contributed by atoms with Crippen molar-refractivity contribution in [2.24, 2.45) is 0 Å². The summed E-state index contributed by atoms with van der Waals surface area (Å²) in [5.74, 6) is -0.678. The number of benzene rings is 2. The minimum atomic E-state index is -0.967. The van der Waals surface area contributed by atoms with Crippen LogP contribution in [0.25, 0.3) is 0 Å². The highest BCUT2D eigenvalue weighted by Crippen LogP contribution is 2.19. The van der Waals surface area contributed by atoms with Gasteiger partial charge in [-0.3, -0.25) is 0 Å². The van der Waals surface area contributed by atoms with E-state index >= 15 is 0 Å². The number of hydrogen-bond donors (Lipinski definition) is 2. The second kappa shape index (κ2) is 7.08. The number of halogens is 2. The Morgan fingerprint density at radius 3 is 2.57 bits per heavy atom. The van der Waals surface area contributed by atoms with E-state index in [1.165, 1.54) is 18.2 Å². The Morgan fingerprint density at radius 1 is 1.24 bits per heavy atom. The summed E-state index contributed by atoms with van der Waals surface area (Å²) in [6, 6.07) is 10.9. The van der Waals surface area contributed by atoms with Gasteiger partial charge >= 0.3 is 5.97 Å². The van der Waals surface area contributed by atoms with Gasteiger partial charge in [0, 0.05) is 12.2 Å². The van der Waals surface area contributed by atoms with Crippen LogP contribution in [-0.2, 0) is 0 Å². The number of carboxylic acid groups (broad SMARTS) is 1. The minimum Gasteiger partial charge on any atom is -0.492 e. The van der Waals surface area contributed by atoms with E-state index in [1.54, 1.807) is 24.3 Å². The van der Waals surface area contributed by atoms with Crippen molar-refractivity contribution in [1.29, 1.82) is 0 Å². The molecule has 6 heteroatoms. The topological polar surface area (TPSA) is 58.6 Å². The Kier molecular flexibility index (Phi) is 5.16. The molecule has 110 valence electrons. The Morgan fingerprint density at radius 2 is 1.95 bits per heavy atom. The number of aromatic carboxylic acids is 1. The average molecular weight is 354 g/mol. The third-order valence-electron chi connectivity index (χ3n) is 2.72.